The summed E-state index contributed by atoms with van der Waals surface area (Å²) in [6, 6.07) is 6.67. The Morgan fingerprint density at radius 1 is 1.27 bits per heavy atom. The Morgan fingerprint density at radius 2 is 2.00 bits per heavy atom. The summed E-state index contributed by atoms with van der Waals surface area (Å²) in [4.78, 5) is 23.8. The van der Waals surface area contributed by atoms with Gasteiger partial charge in [-0.15, -0.1) is 0 Å². The molecular weight excluding hydrogens is 360 g/mol. The summed E-state index contributed by atoms with van der Waals surface area (Å²) in [5, 5.41) is 6.44. The molecule has 2 N–H and O–H groups in total. The first kappa shape index (κ1) is 18.1. The van der Waals surface area contributed by atoms with Gasteiger partial charge in [-0.1, -0.05) is 0 Å². The molecule has 0 spiro atoms. The van der Waals surface area contributed by atoms with Crippen LogP contribution < -0.4 is 20.3 Å². The van der Waals surface area contributed by atoms with Crippen molar-refractivity contribution in [1.82, 2.24) is 14.5 Å². The number of anilines is 1. The highest BCUT2D eigenvalue weighted by atomic mass is 32.2. The molecule has 1 aliphatic rings. The molecule has 9 nitrogen and oxygen atoms in total. The predicted molar refractivity (Wildman–Crippen MR) is 93.8 cm³/mol. The topological polar surface area (TPSA) is 119 Å². The summed E-state index contributed by atoms with van der Waals surface area (Å²) in [7, 11) is -0.839. The van der Waals surface area contributed by atoms with Crippen molar-refractivity contribution in [2.45, 2.75) is 23.8 Å². The Morgan fingerprint density at radius 3 is 2.62 bits per heavy atom. The van der Waals surface area contributed by atoms with Crippen molar-refractivity contribution in [3.63, 3.8) is 0 Å². The van der Waals surface area contributed by atoms with Gasteiger partial charge in [0, 0.05) is 19.2 Å². The molecule has 138 valence electrons. The lowest BCUT2D eigenvalue weighted by molar-refractivity contribution is 0.101. The van der Waals surface area contributed by atoms with Crippen molar-refractivity contribution in [3.8, 4) is 5.75 Å². The molecule has 0 saturated heterocycles. The summed E-state index contributed by atoms with van der Waals surface area (Å²) >= 11 is 0. The minimum Gasteiger partial charge on any atom is -0.495 e. The van der Waals surface area contributed by atoms with Crippen LogP contribution in [-0.2, 0) is 17.1 Å². The Kier molecular flexibility index (Phi) is 4.79. The number of carbonyl (C=O) groups is 1. The molecule has 0 bridgehead atoms. The van der Waals surface area contributed by atoms with Gasteiger partial charge >= 0.3 is 0 Å². The number of ether oxygens (including phenoxy) is 1. The van der Waals surface area contributed by atoms with Gasteiger partial charge in [-0.2, -0.15) is 5.10 Å². The fourth-order valence-corrected chi connectivity index (χ4v) is 3.58. The summed E-state index contributed by atoms with van der Waals surface area (Å²) in [5.74, 6) is -0.294. The van der Waals surface area contributed by atoms with Gasteiger partial charge in [0.05, 0.1) is 17.7 Å². The molecule has 10 heteroatoms. The summed E-state index contributed by atoms with van der Waals surface area (Å²) in [6.45, 7) is 0. The average Bonchev–Trinajstić information content (AvgIpc) is 3.40. The van der Waals surface area contributed by atoms with Gasteiger partial charge < -0.3 is 10.1 Å². The van der Waals surface area contributed by atoms with E-state index in [0.29, 0.717) is 5.75 Å². The molecule has 3 rings (SSSR count). The van der Waals surface area contributed by atoms with E-state index < -0.39 is 15.9 Å². The van der Waals surface area contributed by atoms with Crippen LogP contribution in [0.25, 0.3) is 0 Å². The molecular formula is C16H18N4O5S. The van der Waals surface area contributed by atoms with Crippen molar-refractivity contribution in [3.05, 3.63) is 46.4 Å². The summed E-state index contributed by atoms with van der Waals surface area (Å²) in [5.41, 5.74) is -0.149. The molecule has 1 amide bonds. The molecule has 1 aromatic carbocycles. The van der Waals surface area contributed by atoms with Gasteiger partial charge in [-0.3, -0.25) is 9.59 Å². The molecule has 1 heterocycles. The van der Waals surface area contributed by atoms with E-state index in [1.165, 1.54) is 44.5 Å². The lowest BCUT2D eigenvalue weighted by atomic mass is 10.2. The molecule has 1 aliphatic carbocycles. The summed E-state index contributed by atoms with van der Waals surface area (Å²) < 4.78 is 33.5. The number of benzene rings is 1. The van der Waals surface area contributed by atoms with Crippen LogP contribution in [0.4, 0.5) is 5.69 Å². The van der Waals surface area contributed by atoms with Gasteiger partial charge in [0.15, 0.2) is 0 Å². The fraction of sp³-hybridized carbons (Fsp3) is 0.312. The van der Waals surface area contributed by atoms with Crippen molar-refractivity contribution < 1.29 is 17.9 Å². The van der Waals surface area contributed by atoms with Crippen LogP contribution in [0.15, 0.2) is 40.0 Å². The van der Waals surface area contributed by atoms with E-state index in [9.17, 15) is 18.0 Å². The number of nitrogens with one attached hydrogen (secondary N) is 2. The Labute approximate surface area is 150 Å². The Bertz CT molecular complexity index is 1010. The highest BCUT2D eigenvalue weighted by molar-refractivity contribution is 7.89. The first-order valence-corrected chi connectivity index (χ1v) is 9.34. The maximum absolute atomic E-state index is 12.4. The Hall–Kier alpha value is -2.72. The third-order valence-corrected chi connectivity index (χ3v) is 5.34. The van der Waals surface area contributed by atoms with E-state index in [4.69, 9.17) is 4.74 Å². The van der Waals surface area contributed by atoms with Crippen LogP contribution in [0.1, 0.15) is 23.3 Å². The van der Waals surface area contributed by atoms with E-state index in [1.54, 1.807) is 0 Å². The first-order chi connectivity index (χ1) is 12.3. The second kappa shape index (κ2) is 6.89. The highest BCUT2D eigenvalue weighted by Gasteiger charge is 2.28. The highest BCUT2D eigenvalue weighted by Crippen LogP contribution is 2.29. The smallest absolute Gasteiger partial charge is 0.276 e. The number of hydrogen-bond acceptors (Lipinski definition) is 6. The maximum Gasteiger partial charge on any atom is 0.276 e. The van der Waals surface area contributed by atoms with E-state index >= 15 is 0 Å². The monoisotopic (exact) mass is 378 g/mol. The number of hydrogen-bond donors (Lipinski definition) is 2. The molecule has 26 heavy (non-hydrogen) atoms. The van der Waals surface area contributed by atoms with Crippen molar-refractivity contribution in [1.29, 1.82) is 0 Å². The zero-order chi connectivity index (χ0) is 18.9. The number of aryl methyl sites for hydroxylation is 1. The minimum absolute atomic E-state index is 0.0125. The second-order valence-corrected chi connectivity index (χ2v) is 7.61. The number of nitrogens with zero attached hydrogens (tertiary/aromatic N) is 2. The molecule has 2 aromatic rings. The summed E-state index contributed by atoms with van der Waals surface area (Å²) in [6.07, 6.45) is 1.63. The predicted octanol–water partition coefficient (Wildman–Crippen LogP) is 0.482. The zero-order valence-electron chi connectivity index (χ0n) is 14.2. The van der Waals surface area contributed by atoms with Crippen LogP contribution >= 0.6 is 0 Å². The third-order valence-electron chi connectivity index (χ3n) is 3.82. The zero-order valence-corrected chi connectivity index (χ0v) is 15.0. The van der Waals surface area contributed by atoms with Crippen LogP contribution in [0.5, 0.6) is 5.75 Å². The van der Waals surface area contributed by atoms with Gasteiger partial charge in [-0.25, -0.2) is 17.8 Å². The molecule has 0 aliphatic heterocycles. The SMILES string of the molecule is COc1ccc(S(=O)(=O)NC2CC2)cc1NC(=O)c1ccc(=O)n(C)n1. The first-order valence-electron chi connectivity index (χ1n) is 7.86. The molecule has 1 fully saturated rings. The quantitative estimate of drug-likeness (QED) is 0.755. The maximum atomic E-state index is 12.4. The van der Waals surface area contributed by atoms with Gasteiger partial charge in [0.1, 0.15) is 11.4 Å². The Balaban J connectivity index is 1.90. The fourth-order valence-electron chi connectivity index (χ4n) is 2.25. The van der Waals surface area contributed by atoms with Crippen molar-refractivity contribution >= 4 is 21.6 Å². The van der Waals surface area contributed by atoms with E-state index in [-0.39, 0.29) is 27.9 Å². The number of rotatable bonds is 6. The lowest BCUT2D eigenvalue weighted by Gasteiger charge is -2.13. The number of methoxy groups -OCH3 is 1. The van der Waals surface area contributed by atoms with Crippen molar-refractivity contribution in [2.75, 3.05) is 12.4 Å². The van der Waals surface area contributed by atoms with Crippen LogP contribution in [0.2, 0.25) is 0 Å². The number of sulfonamides is 1. The molecule has 1 aromatic heterocycles. The number of amides is 1. The third kappa shape index (κ3) is 3.92. The number of carbonyl (C=O) groups excluding carboxylic acids is 1. The molecule has 0 atom stereocenters. The van der Waals surface area contributed by atoms with E-state index in [2.05, 4.69) is 15.1 Å². The molecule has 1 saturated carbocycles. The van der Waals surface area contributed by atoms with Gasteiger partial charge in [-0.05, 0) is 37.1 Å². The minimum atomic E-state index is -3.68. The van der Waals surface area contributed by atoms with E-state index in [0.717, 1.165) is 17.5 Å². The standard InChI is InChI=1S/C16H18N4O5S/c1-20-15(21)8-6-12(18-20)16(22)17-13-9-11(5-7-14(13)25-2)26(23,24)19-10-3-4-10/h5-10,19H,3-4H2,1-2H3,(H,17,22). The normalized spacial score (nSPS) is 14.1. The second-order valence-electron chi connectivity index (χ2n) is 5.89. The van der Waals surface area contributed by atoms with Crippen LogP contribution in [0, 0.1) is 0 Å². The van der Waals surface area contributed by atoms with Gasteiger partial charge in [0.2, 0.25) is 10.0 Å². The lowest BCUT2D eigenvalue weighted by Crippen LogP contribution is -2.26. The van der Waals surface area contributed by atoms with Crippen molar-refractivity contribution in [2.24, 2.45) is 7.05 Å². The number of aromatic nitrogens is 2. The van der Waals surface area contributed by atoms with Gasteiger partial charge in [0.25, 0.3) is 11.5 Å². The van der Waals surface area contributed by atoms with Crippen LogP contribution in [-0.4, -0.2) is 37.3 Å². The molecule has 0 unspecified atom stereocenters. The van der Waals surface area contributed by atoms with Crippen LogP contribution in [0.3, 0.4) is 0 Å². The molecule has 0 radical (unpaired) electrons. The average molecular weight is 378 g/mol. The van der Waals surface area contributed by atoms with E-state index in [1.807, 2.05) is 0 Å². The largest absolute Gasteiger partial charge is 0.495 e.